The van der Waals surface area contributed by atoms with E-state index in [0.717, 1.165) is 17.3 Å². The van der Waals surface area contributed by atoms with Crippen LogP contribution in [0.15, 0.2) is 49.6 Å². The van der Waals surface area contributed by atoms with Crippen molar-refractivity contribution in [2.24, 2.45) is 0 Å². The number of benzene rings is 1. The molecule has 0 saturated heterocycles. The van der Waals surface area contributed by atoms with Crippen LogP contribution >= 0.6 is 0 Å². The number of imidazole rings is 1. The molecule has 0 aliphatic carbocycles. The quantitative estimate of drug-likeness (QED) is 0.519. The zero-order valence-electron chi connectivity index (χ0n) is 15.2. The van der Waals surface area contributed by atoms with Crippen LogP contribution in [0.5, 0.6) is 11.5 Å². The minimum Gasteiger partial charge on any atom is -0.486 e. The van der Waals surface area contributed by atoms with Gasteiger partial charge >= 0.3 is 0 Å². The number of rotatable bonds is 5. The average molecular weight is 378 g/mol. The van der Waals surface area contributed by atoms with Crippen LogP contribution < -0.4 is 9.47 Å². The highest BCUT2D eigenvalue weighted by atomic mass is 16.6. The van der Waals surface area contributed by atoms with Crippen molar-refractivity contribution < 1.29 is 9.47 Å². The van der Waals surface area contributed by atoms with E-state index < -0.39 is 0 Å². The van der Waals surface area contributed by atoms with E-state index in [0.29, 0.717) is 31.3 Å². The SMILES string of the molecule is CC(c1nc(Cn2cncn2)nn1-c1ccc2c(c1)OCCO2)n1ccnc1. The third-order valence-corrected chi connectivity index (χ3v) is 4.56. The van der Waals surface area contributed by atoms with E-state index >= 15 is 0 Å². The van der Waals surface area contributed by atoms with Crippen LogP contribution in [0, 0.1) is 0 Å². The summed E-state index contributed by atoms with van der Waals surface area (Å²) in [4.78, 5) is 12.9. The van der Waals surface area contributed by atoms with E-state index in [1.54, 1.807) is 23.5 Å². The van der Waals surface area contributed by atoms with Crippen molar-refractivity contribution in [3.63, 3.8) is 0 Å². The summed E-state index contributed by atoms with van der Waals surface area (Å²) in [7, 11) is 0. The molecule has 10 heteroatoms. The Morgan fingerprint density at radius 3 is 2.79 bits per heavy atom. The van der Waals surface area contributed by atoms with Crippen molar-refractivity contribution in [3.8, 4) is 17.2 Å². The van der Waals surface area contributed by atoms with Gasteiger partial charge in [0.1, 0.15) is 32.4 Å². The van der Waals surface area contributed by atoms with E-state index in [-0.39, 0.29) is 6.04 Å². The molecular weight excluding hydrogens is 360 g/mol. The predicted molar refractivity (Wildman–Crippen MR) is 97.5 cm³/mol. The van der Waals surface area contributed by atoms with Gasteiger partial charge in [-0.3, -0.25) is 0 Å². The number of hydrogen-bond donors (Lipinski definition) is 0. The molecule has 0 bridgehead atoms. The van der Waals surface area contributed by atoms with Crippen molar-refractivity contribution in [1.29, 1.82) is 0 Å². The largest absolute Gasteiger partial charge is 0.486 e. The van der Waals surface area contributed by atoms with Crippen LogP contribution in [0.3, 0.4) is 0 Å². The molecule has 5 rings (SSSR count). The standard InChI is InChI=1S/C18H18N8O2/c1-13(24-5-4-19-11-24)18-22-17(9-25-12-20-10-21-25)23-26(18)14-2-3-15-16(8-14)28-7-6-27-15/h2-5,8,10-13H,6-7,9H2,1H3. The van der Waals surface area contributed by atoms with E-state index in [1.165, 1.54) is 6.33 Å². The summed E-state index contributed by atoms with van der Waals surface area (Å²) in [5.74, 6) is 2.87. The lowest BCUT2D eigenvalue weighted by Crippen LogP contribution is -2.16. The molecule has 0 radical (unpaired) electrons. The lowest BCUT2D eigenvalue weighted by Gasteiger charge is -2.19. The highest BCUT2D eigenvalue weighted by molar-refractivity contribution is 5.49. The molecule has 0 fully saturated rings. The molecule has 0 amide bonds. The fraction of sp³-hybridized carbons (Fsp3) is 0.278. The molecule has 4 aromatic rings. The van der Waals surface area contributed by atoms with E-state index in [1.807, 2.05) is 33.6 Å². The Hall–Kier alpha value is -3.69. The minimum absolute atomic E-state index is 0.0623. The first kappa shape index (κ1) is 16.5. The zero-order valence-corrected chi connectivity index (χ0v) is 15.2. The molecule has 0 N–H and O–H groups in total. The van der Waals surface area contributed by atoms with Crippen molar-refractivity contribution in [2.75, 3.05) is 13.2 Å². The first-order chi connectivity index (χ1) is 13.8. The molecule has 3 aromatic heterocycles. The first-order valence-electron chi connectivity index (χ1n) is 8.93. The van der Waals surface area contributed by atoms with Gasteiger partial charge in [0.05, 0.1) is 18.1 Å². The van der Waals surface area contributed by atoms with E-state index in [9.17, 15) is 0 Å². The summed E-state index contributed by atoms with van der Waals surface area (Å²) in [5, 5.41) is 8.86. The smallest absolute Gasteiger partial charge is 0.172 e. The Labute approximate surface area is 160 Å². The van der Waals surface area contributed by atoms with Crippen molar-refractivity contribution in [2.45, 2.75) is 19.5 Å². The lowest BCUT2D eigenvalue weighted by atomic mass is 10.2. The van der Waals surface area contributed by atoms with Crippen LogP contribution in [0.2, 0.25) is 0 Å². The van der Waals surface area contributed by atoms with Gasteiger partial charge in [-0.2, -0.15) is 5.10 Å². The molecule has 1 aliphatic rings. The second-order valence-electron chi connectivity index (χ2n) is 6.40. The van der Waals surface area contributed by atoms with Crippen molar-refractivity contribution in [3.05, 3.63) is 61.2 Å². The molecule has 28 heavy (non-hydrogen) atoms. The summed E-state index contributed by atoms with van der Waals surface area (Å²) in [6.07, 6.45) is 8.56. The highest BCUT2D eigenvalue weighted by Crippen LogP contribution is 2.32. The highest BCUT2D eigenvalue weighted by Gasteiger charge is 2.21. The molecule has 0 spiro atoms. The fourth-order valence-corrected chi connectivity index (χ4v) is 3.15. The molecular formula is C18H18N8O2. The number of nitrogens with zero attached hydrogens (tertiary/aromatic N) is 8. The molecule has 0 saturated carbocycles. The van der Waals surface area contributed by atoms with Gasteiger partial charge in [0.25, 0.3) is 0 Å². The Bertz CT molecular complexity index is 1070. The number of hydrogen-bond acceptors (Lipinski definition) is 7. The molecule has 1 aliphatic heterocycles. The predicted octanol–water partition coefficient (Wildman–Crippen LogP) is 1.48. The molecule has 1 aromatic carbocycles. The van der Waals surface area contributed by atoms with Gasteiger partial charge in [-0.15, -0.1) is 5.10 Å². The van der Waals surface area contributed by atoms with Crippen molar-refractivity contribution in [1.82, 2.24) is 39.1 Å². The molecule has 142 valence electrons. The van der Waals surface area contributed by atoms with Gasteiger partial charge in [-0.1, -0.05) is 0 Å². The number of fused-ring (bicyclic) bond motifs is 1. The Balaban J connectivity index is 1.57. The van der Waals surface area contributed by atoms with Crippen LogP contribution in [-0.2, 0) is 6.54 Å². The van der Waals surface area contributed by atoms with Crippen molar-refractivity contribution >= 4 is 0 Å². The third kappa shape index (κ3) is 2.98. The Morgan fingerprint density at radius 2 is 2.00 bits per heavy atom. The van der Waals surface area contributed by atoms with Gasteiger partial charge in [0.2, 0.25) is 0 Å². The number of aromatic nitrogens is 8. The van der Waals surface area contributed by atoms with Crippen LogP contribution in [0.25, 0.3) is 5.69 Å². The maximum atomic E-state index is 5.73. The lowest BCUT2D eigenvalue weighted by molar-refractivity contribution is 0.171. The molecule has 4 heterocycles. The second kappa shape index (κ2) is 6.80. The zero-order chi connectivity index (χ0) is 18.9. The van der Waals surface area contributed by atoms with Crippen LogP contribution in [-0.4, -0.2) is 52.3 Å². The Morgan fingerprint density at radius 1 is 1.11 bits per heavy atom. The average Bonchev–Trinajstić information content (AvgIpc) is 3.49. The third-order valence-electron chi connectivity index (χ3n) is 4.56. The van der Waals surface area contributed by atoms with Crippen LogP contribution in [0.4, 0.5) is 0 Å². The van der Waals surface area contributed by atoms with Gasteiger partial charge < -0.3 is 14.0 Å². The maximum Gasteiger partial charge on any atom is 0.172 e. The van der Waals surface area contributed by atoms with Gasteiger partial charge in [0.15, 0.2) is 23.1 Å². The topological polar surface area (TPSA) is 97.7 Å². The maximum absolute atomic E-state index is 5.73. The summed E-state index contributed by atoms with van der Waals surface area (Å²) in [5.41, 5.74) is 0.851. The van der Waals surface area contributed by atoms with Gasteiger partial charge in [-0.05, 0) is 19.1 Å². The Kier molecular flexibility index (Phi) is 4.00. The second-order valence-corrected chi connectivity index (χ2v) is 6.40. The first-order valence-corrected chi connectivity index (χ1v) is 8.93. The van der Waals surface area contributed by atoms with Gasteiger partial charge in [-0.25, -0.2) is 24.3 Å². The van der Waals surface area contributed by atoms with Crippen LogP contribution in [0.1, 0.15) is 24.6 Å². The van der Waals surface area contributed by atoms with Gasteiger partial charge in [0, 0.05) is 18.5 Å². The van der Waals surface area contributed by atoms with E-state index in [2.05, 4.69) is 22.0 Å². The molecule has 10 nitrogen and oxygen atoms in total. The summed E-state index contributed by atoms with van der Waals surface area (Å²) in [6.45, 7) is 3.57. The number of ether oxygens (including phenoxy) is 2. The fourth-order valence-electron chi connectivity index (χ4n) is 3.15. The molecule has 1 unspecified atom stereocenters. The van der Waals surface area contributed by atoms with E-state index in [4.69, 9.17) is 19.6 Å². The monoisotopic (exact) mass is 378 g/mol. The normalized spacial score (nSPS) is 14.2. The summed E-state index contributed by atoms with van der Waals surface area (Å²) in [6, 6.07) is 5.71. The minimum atomic E-state index is -0.0623. The summed E-state index contributed by atoms with van der Waals surface area (Å²) < 4.78 is 16.9. The molecule has 1 atom stereocenters. The summed E-state index contributed by atoms with van der Waals surface area (Å²) >= 11 is 0.